The van der Waals surface area contributed by atoms with Gasteiger partial charge >= 0.3 is 0 Å². The van der Waals surface area contributed by atoms with E-state index in [1.165, 1.54) is 32.1 Å². The summed E-state index contributed by atoms with van der Waals surface area (Å²) in [5.41, 5.74) is 1.15. The molecule has 16 heavy (non-hydrogen) atoms. The van der Waals surface area contributed by atoms with Gasteiger partial charge in [-0.2, -0.15) is 0 Å². The molecule has 0 radical (unpaired) electrons. The maximum absolute atomic E-state index is 5.14. The second-order valence-electron chi connectivity index (χ2n) is 4.61. The highest BCUT2D eigenvalue weighted by molar-refractivity contribution is 5.17. The van der Waals surface area contributed by atoms with Crippen LogP contribution in [-0.4, -0.2) is 17.1 Å². The molecule has 0 spiro atoms. The minimum atomic E-state index is 0.611. The van der Waals surface area contributed by atoms with E-state index < -0.39 is 0 Å². The van der Waals surface area contributed by atoms with Gasteiger partial charge in [-0.05, 0) is 31.6 Å². The van der Waals surface area contributed by atoms with Crippen molar-refractivity contribution in [1.82, 2.24) is 9.97 Å². The summed E-state index contributed by atoms with van der Waals surface area (Å²) in [6, 6.07) is 1.98. The molecule has 2 rings (SSSR count). The van der Waals surface area contributed by atoms with Gasteiger partial charge in [0.1, 0.15) is 6.33 Å². The Kier molecular flexibility index (Phi) is 3.75. The van der Waals surface area contributed by atoms with Gasteiger partial charge in [0.25, 0.3) is 0 Å². The molecule has 0 amide bonds. The Balaban J connectivity index is 2.02. The van der Waals surface area contributed by atoms with Gasteiger partial charge in [-0.1, -0.05) is 13.3 Å². The summed E-state index contributed by atoms with van der Waals surface area (Å²) in [6.07, 6.45) is 8.14. The van der Waals surface area contributed by atoms with Crippen LogP contribution in [0.1, 0.15) is 50.6 Å². The first-order valence-electron chi connectivity index (χ1n) is 6.19. The smallest absolute Gasteiger partial charge is 0.216 e. The summed E-state index contributed by atoms with van der Waals surface area (Å²) in [4.78, 5) is 8.42. The van der Waals surface area contributed by atoms with Crippen LogP contribution in [0.3, 0.4) is 0 Å². The van der Waals surface area contributed by atoms with Gasteiger partial charge in [-0.3, -0.25) is 0 Å². The first kappa shape index (κ1) is 11.4. The van der Waals surface area contributed by atoms with Crippen molar-refractivity contribution in [2.24, 2.45) is 5.92 Å². The molecule has 0 atom stereocenters. The summed E-state index contributed by atoms with van der Waals surface area (Å²) in [6.45, 7) is 2.29. The number of rotatable bonds is 3. The van der Waals surface area contributed by atoms with Crippen molar-refractivity contribution in [2.75, 3.05) is 7.11 Å². The van der Waals surface area contributed by atoms with E-state index in [2.05, 4.69) is 16.9 Å². The molecule has 0 saturated heterocycles. The summed E-state index contributed by atoms with van der Waals surface area (Å²) >= 11 is 0. The SMILES string of the molecule is CCC1CCC(c2cc(OC)ncn2)CC1. The van der Waals surface area contributed by atoms with Crippen LogP contribution in [-0.2, 0) is 0 Å². The van der Waals surface area contributed by atoms with E-state index in [0.29, 0.717) is 11.8 Å². The zero-order chi connectivity index (χ0) is 11.4. The van der Waals surface area contributed by atoms with Gasteiger partial charge in [0.05, 0.1) is 12.8 Å². The topological polar surface area (TPSA) is 35.0 Å². The quantitative estimate of drug-likeness (QED) is 0.784. The lowest BCUT2D eigenvalue weighted by Crippen LogP contribution is -2.13. The third kappa shape index (κ3) is 2.52. The van der Waals surface area contributed by atoms with Crippen LogP contribution in [0.5, 0.6) is 5.88 Å². The molecular formula is C13H20N2O. The zero-order valence-corrected chi connectivity index (χ0v) is 10.1. The van der Waals surface area contributed by atoms with E-state index in [4.69, 9.17) is 4.74 Å². The predicted molar refractivity (Wildman–Crippen MR) is 63.6 cm³/mol. The predicted octanol–water partition coefficient (Wildman–Crippen LogP) is 3.17. The van der Waals surface area contributed by atoms with E-state index in [0.717, 1.165) is 11.6 Å². The Morgan fingerprint density at radius 2 is 2.00 bits per heavy atom. The van der Waals surface area contributed by atoms with Crippen molar-refractivity contribution in [3.05, 3.63) is 18.1 Å². The second-order valence-corrected chi connectivity index (χ2v) is 4.61. The summed E-state index contributed by atoms with van der Waals surface area (Å²) < 4.78 is 5.14. The molecule has 1 aliphatic carbocycles. The number of nitrogens with zero attached hydrogens (tertiary/aromatic N) is 2. The largest absolute Gasteiger partial charge is 0.481 e. The summed E-state index contributed by atoms with van der Waals surface area (Å²) in [5.74, 6) is 2.22. The van der Waals surface area contributed by atoms with Crippen molar-refractivity contribution in [2.45, 2.75) is 44.9 Å². The van der Waals surface area contributed by atoms with Crippen LogP contribution in [0, 0.1) is 5.92 Å². The molecule has 0 N–H and O–H groups in total. The number of ether oxygens (including phenoxy) is 1. The van der Waals surface area contributed by atoms with Crippen LogP contribution >= 0.6 is 0 Å². The van der Waals surface area contributed by atoms with E-state index >= 15 is 0 Å². The Morgan fingerprint density at radius 3 is 2.62 bits per heavy atom. The zero-order valence-electron chi connectivity index (χ0n) is 10.1. The molecule has 1 saturated carbocycles. The molecular weight excluding hydrogens is 200 g/mol. The second kappa shape index (κ2) is 5.28. The standard InChI is InChI=1S/C13H20N2O/c1-3-10-4-6-11(7-5-10)12-8-13(16-2)15-9-14-12/h8-11H,3-7H2,1-2H3. The van der Waals surface area contributed by atoms with Crippen molar-refractivity contribution < 1.29 is 4.74 Å². The highest BCUT2D eigenvalue weighted by atomic mass is 16.5. The lowest BCUT2D eigenvalue weighted by Gasteiger charge is -2.27. The molecule has 1 heterocycles. The van der Waals surface area contributed by atoms with E-state index in [9.17, 15) is 0 Å². The van der Waals surface area contributed by atoms with Gasteiger partial charge in [0.15, 0.2) is 0 Å². The van der Waals surface area contributed by atoms with E-state index in [1.807, 2.05) is 6.07 Å². The fourth-order valence-corrected chi connectivity index (χ4v) is 2.55. The van der Waals surface area contributed by atoms with Crippen LogP contribution in [0.2, 0.25) is 0 Å². The molecule has 0 aliphatic heterocycles. The first-order chi connectivity index (χ1) is 7.83. The van der Waals surface area contributed by atoms with Crippen LogP contribution < -0.4 is 4.74 Å². The molecule has 1 aliphatic rings. The molecule has 0 bridgehead atoms. The van der Waals surface area contributed by atoms with Gasteiger partial charge in [0, 0.05) is 12.0 Å². The number of aromatic nitrogens is 2. The monoisotopic (exact) mass is 220 g/mol. The lowest BCUT2D eigenvalue weighted by molar-refractivity contribution is 0.314. The maximum Gasteiger partial charge on any atom is 0.216 e. The number of hydrogen-bond donors (Lipinski definition) is 0. The molecule has 3 nitrogen and oxygen atoms in total. The molecule has 1 aromatic heterocycles. The first-order valence-corrected chi connectivity index (χ1v) is 6.19. The fourth-order valence-electron chi connectivity index (χ4n) is 2.55. The molecule has 0 unspecified atom stereocenters. The number of hydrogen-bond acceptors (Lipinski definition) is 3. The van der Waals surface area contributed by atoms with Gasteiger partial charge < -0.3 is 4.74 Å². The average molecular weight is 220 g/mol. The van der Waals surface area contributed by atoms with Crippen LogP contribution in [0.25, 0.3) is 0 Å². The molecule has 1 fully saturated rings. The highest BCUT2D eigenvalue weighted by Crippen LogP contribution is 2.36. The molecule has 0 aromatic carbocycles. The highest BCUT2D eigenvalue weighted by Gasteiger charge is 2.22. The van der Waals surface area contributed by atoms with Crippen molar-refractivity contribution in [3.8, 4) is 5.88 Å². The third-order valence-electron chi connectivity index (χ3n) is 3.71. The molecule has 1 aromatic rings. The van der Waals surface area contributed by atoms with Crippen molar-refractivity contribution in [1.29, 1.82) is 0 Å². The Bertz CT molecular complexity index is 332. The van der Waals surface area contributed by atoms with Crippen molar-refractivity contribution >= 4 is 0 Å². The van der Waals surface area contributed by atoms with Gasteiger partial charge in [0.2, 0.25) is 5.88 Å². The lowest BCUT2D eigenvalue weighted by atomic mass is 9.79. The Morgan fingerprint density at radius 1 is 1.25 bits per heavy atom. The summed E-state index contributed by atoms with van der Waals surface area (Å²) in [7, 11) is 1.65. The third-order valence-corrected chi connectivity index (χ3v) is 3.71. The summed E-state index contributed by atoms with van der Waals surface area (Å²) in [5, 5.41) is 0. The fraction of sp³-hybridized carbons (Fsp3) is 0.692. The molecule has 3 heteroatoms. The van der Waals surface area contributed by atoms with Crippen molar-refractivity contribution in [3.63, 3.8) is 0 Å². The van der Waals surface area contributed by atoms with E-state index in [-0.39, 0.29) is 0 Å². The van der Waals surface area contributed by atoms with Gasteiger partial charge in [-0.15, -0.1) is 0 Å². The molecule has 88 valence electrons. The Labute approximate surface area is 97.3 Å². The average Bonchev–Trinajstić information content (AvgIpc) is 2.39. The number of methoxy groups -OCH3 is 1. The Hall–Kier alpha value is -1.12. The minimum Gasteiger partial charge on any atom is -0.481 e. The van der Waals surface area contributed by atoms with Crippen LogP contribution in [0.4, 0.5) is 0 Å². The maximum atomic E-state index is 5.14. The minimum absolute atomic E-state index is 0.611. The van der Waals surface area contributed by atoms with E-state index in [1.54, 1.807) is 13.4 Å². The van der Waals surface area contributed by atoms with Gasteiger partial charge in [-0.25, -0.2) is 9.97 Å². The van der Waals surface area contributed by atoms with Crippen LogP contribution in [0.15, 0.2) is 12.4 Å². The normalized spacial score (nSPS) is 25.4.